The minimum absolute atomic E-state index is 0.108. The SMILES string of the molecule is CNS(=O)(=O)c1ccc(C(=O)N[C@@H](C)c2nc3ccccc3[nH]2)cc1. The highest BCUT2D eigenvalue weighted by molar-refractivity contribution is 7.89. The second-order valence-electron chi connectivity index (χ2n) is 5.57. The minimum atomic E-state index is -3.52. The second kappa shape index (κ2) is 6.66. The molecule has 0 radical (unpaired) electrons. The standard InChI is InChI=1S/C17H18N4O3S/c1-11(16-20-14-5-3-4-6-15(14)21-16)19-17(22)12-7-9-13(10-8-12)25(23,24)18-2/h3-11,18H,1-2H3,(H,19,22)(H,20,21)/t11-/m0/s1. The molecule has 0 unspecified atom stereocenters. The number of para-hydroxylation sites is 2. The number of aromatic amines is 1. The molecule has 0 aliphatic rings. The molecular weight excluding hydrogens is 340 g/mol. The second-order valence-corrected chi connectivity index (χ2v) is 7.45. The van der Waals surface area contributed by atoms with Crippen LogP contribution < -0.4 is 10.0 Å². The number of aromatic nitrogens is 2. The van der Waals surface area contributed by atoms with E-state index in [1.165, 1.54) is 31.3 Å². The fraction of sp³-hybridized carbons (Fsp3) is 0.176. The van der Waals surface area contributed by atoms with Crippen molar-refractivity contribution in [2.45, 2.75) is 17.9 Å². The van der Waals surface area contributed by atoms with Gasteiger partial charge in [-0.3, -0.25) is 4.79 Å². The normalized spacial score (nSPS) is 12.9. The molecule has 1 aromatic heterocycles. The van der Waals surface area contributed by atoms with Crippen LogP contribution in [-0.4, -0.2) is 31.3 Å². The van der Waals surface area contributed by atoms with E-state index in [9.17, 15) is 13.2 Å². The molecule has 25 heavy (non-hydrogen) atoms. The molecule has 2 aromatic carbocycles. The van der Waals surface area contributed by atoms with Crippen LogP contribution in [0, 0.1) is 0 Å². The van der Waals surface area contributed by atoms with Gasteiger partial charge in [-0.1, -0.05) is 12.1 Å². The predicted octanol–water partition coefficient (Wildman–Crippen LogP) is 1.96. The first-order valence-electron chi connectivity index (χ1n) is 7.70. The van der Waals surface area contributed by atoms with Crippen molar-refractivity contribution in [1.82, 2.24) is 20.0 Å². The van der Waals surface area contributed by atoms with Crippen LogP contribution >= 0.6 is 0 Å². The first-order valence-corrected chi connectivity index (χ1v) is 9.18. The first-order chi connectivity index (χ1) is 11.9. The van der Waals surface area contributed by atoms with Gasteiger partial charge in [-0.25, -0.2) is 18.1 Å². The summed E-state index contributed by atoms with van der Waals surface area (Å²) in [5.74, 6) is 0.352. The van der Waals surface area contributed by atoms with Crippen molar-refractivity contribution in [3.63, 3.8) is 0 Å². The Bertz CT molecular complexity index is 977. The van der Waals surface area contributed by atoms with Crippen LogP contribution in [-0.2, 0) is 10.0 Å². The number of nitrogens with one attached hydrogen (secondary N) is 3. The number of nitrogens with zero attached hydrogens (tertiary/aromatic N) is 1. The van der Waals surface area contributed by atoms with Gasteiger partial charge in [0, 0.05) is 5.56 Å². The lowest BCUT2D eigenvalue weighted by Crippen LogP contribution is -2.27. The summed E-state index contributed by atoms with van der Waals surface area (Å²) in [7, 11) is -2.18. The lowest BCUT2D eigenvalue weighted by Gasteiger charge is -2.12. The Balaban J connectivity index is 1.75. The zero-order chi connectivity index (χ0) is 18.0. The molecule has 0 aliphatic heterocycles. The molecule has 8 heteroatoms. The summed E-state index contributed by atoms with van der Waals surface area (Å²) in [6.45, 7) is 1.83. The third-order valence-corrected chi connectivity index (χ3v) is 5.29. The fourth-order valence-electron chi connectivity index (χ4n) is 2.43. The van der Waals surface area contributed by atoms with E-state index in [0.717, 1.165) is 11.0 Å². The van der Waals surface area contributed by atoms with E-state index in [1.807, 2.05) is 31.2 Å². The molecule has 3 rings (SSSR count). The zero-order valence-corrected chi connectivity index (χ0v) is 14.6. The Morgan fingerprint density at radius 3 is 2.44 bits per heavy atom. The molecule has 0 bridgehead atoms. The van der Waals surface area contributed by atoms with E-state index < -0.39 is 10.0 Å². The number of fused-ring (bicyclic) bond motifs is 1. The predicted molar refractivity (Wildman–Crippen MR) is 94.7 cm³/mol. The van der Waals surface area contributed by atoms with Crippen molar-refractivity contribution in [1.29, 1.82) is 0 Å². The van der Waals surface area contributed by atoms with Crippen molar-refractivity contribution in [2.24, 2.45) is 0 Å². The van der Waals surface area contributed by atoms with Gasteiger partial charge in [0.2, 0.25) is 10.0 Å². The van der Waals surface area contributed by atoms with Gasteiger partial charge in [0.25, 0.3) is 5.91 Å². The summed E-state index contributed by atoms with van der Waals surface area (Å²) in [4.78, 5) is 20.1. The number of H-pyrrole nitrogens is 1. The summed E-state index contributed by atoms with van der Waals surface area (Å²) in [5.41, 5.74) is 2.11. The van der Waals surface area contributed by atoms with Gasteiger partial charge in [-0.2, -0.15) is 0 Å². The fourth-order valence-corrected chi connectivity index (χ4v) is 3.16. The summed E-state index contributed by atoms with van der Waals surface area (Å²) in [5, 5.41) is 2.85. The van der Waals surface area contributed by atoms with Crippen molar-refractivity contribution < 1.29 is 13.2 Å². The van der Waals surface area contributed by atoms with Gasteiger partial charge in [0.15, 0.2) is 0 Å². The summed E-state index contributed by atoms with van der Waals surface area (Å²) < 4.78 is 25.6. The van der Waals surface area contributed by atoms with Crippen LogP contribution in [0.1, 0.15) is 29.1 Å². The van der Waals surface area contributed by atoms with Gasteiger partial charge >= 0.3 is 0 Å². The maximum absolute atomic E-state index is 12.4. The third-order valence-electron chi connectivity index (χ3n) is 3.86. The number of hydrogen-bond donors (Lipinski definition) is 3. The minimum Gasteiger partial charge on any atom is -0.342 e. The number of hydrogen-bond acceptors (Lipinski definition) is 4. The molecule has 1 amide bonds. The van der Waals surface area contributed by atoms with Crippen LogP contribution in [0.4, 0.5) is 0 Å². The van der Waals surface area contributed by atoms with Crippen molar-refractivity contribution >= 4 is 27.0 Å². The van der Waals surface area contributed by atoms with Crippen LogP contribution in [0.15, 0.2) is 53.4 Å². The van der Waals surface area contributed by atoms with Gasteiger partial charge in [0.05, 0.1) is 22.0 Å². The number of amides is 1. The Kier molecular flexibility index (Phi) is 4.56. The summed E-state index contributed by atoms with van der Waals surface area (Å²) in [6.07, 6.45) is 0. The molecule has 3 N–H and O–H groups in total. The average molecular weight is 358 g/mol. The Labute approximate surface area is 145 Å². The van der Waals surface area contributed by atoms with E-state index in [-0.39, 0.29) is 16.8 Å². The molecule has 0 aliphatic carbocycles. The Hall–Kier alpha value is -2.71. The molecule has 1 atom stereocenters. The molecule has 3 aromatic rings. The van der Waals surface area contributed by atoms with Crippen molar-refractivity contribution in [2.75, 3.05) is 7.05 Å². The maximum atomic E-state index is 12.4. The smallest absolute Gasteiger partial charge is 0.251 e. The van der Waals surface area contributed by atoms with E-state index >= 15 is 0 Å². The number of benzene rings is 2. The van der Waals surface area contributed by atoms with Crippen LogP contribution in [0.3, 0.4) is 0 Å². The zero-order valence-electron chi connectivity index (χ0n) is 13.8. The molecule has 1 heterocycles. The third kappa shape index (κ3) is 3.54. The van der Waals surface area contributed by atoms with E-state index in [0.29, 0.717) is 11.4 Å². The number of carbonyl (C=O) groups is 1. The Morgan fingerprint density at radius 1 is 1.12 bits per heavy atom. The molecule has 130 valence electrons. The van der Waals surface area contributed by atoms with E-state index in [2.05, 4.69) is 20.0 Å². The van der Waals surface area contributed by atoms with Crippen LogP contribution in [0.25, 0.3) is 11.0 Å². The molecule has 0 saturated carbocycles. The number of carbonyl (C=O) groups excluding carboxylic acids is 1. The molecule has 0 fully saturated rings. The highest BCUT2D eigenvalue weighted by Crippen LogP contribution is 2.16. The highest BCUT2D eigenvalue weighted by atomic mass is 32.2. The highest BCUT2D eigenvalue weighted by Gasteiger charge is 2.16. The largest absolute Gasteiger partial charge is 0.342 e. The molecule has 7 nitrogen and oxygen atoms in total. The van der Waals surface area contributed by atoms with Crippen molar-refractivity contribution in [3.8, 4) is 0 Å². The topological polar surface area (TPSA) is 104 Å². The first kappa shape index (κ1) is 17.1. The van der Waals surface area contributed by atoms with Crippen molar-refractivity contribution in [3.05, 3.63) is 59.9 Å². The lowest BCUT2D eigenvalue weighted by atomic mass is 10.2. The number of imidazole rings is 1. The van der Waals surface area contributed by atoms with Gasteiger partial charge in [-0.15, -0.1) is 0 Å². The molecular formula is C17H18N4O3S. The molecule has 0 saturated heterocycles. The van der Waals surface area contributed by atoms with Crippen LogP contribution in [0.2, 0.25) is 0 Å². The van der Waals surface area contributed by atoms with Gasteiger partial charge in [0.1, 0.15) is 5.82 Å². The number of sulfonamides is 1. The van der Waals surface area contributed by atoms with Gasteiger partial charge in [-0.05, 0) is 50.4 Å². The van der Waals surface area contributed by atoms with Gasteiger partial charge < -0.3 is 10.3 Å². The summed E-state index contributed by atoms with van der Waals surface area (Å²) in [6, 6.07) is 13.0. The van der Waals surface area contributed by atoms with E-state index in [4.69, 9.17) is 0 Å². The quantitative estimate of drug-likeness (QED) is 0.648. The van der Waals surface area contributed by atoms with Crippen LogP contribution in [0.5, 0.6) is 0 Å². The lowest BCUT2D eigenvalue weighted by molar-refractivity contribution is 0.0938. The number of rotatable bonds is 5. The monoisotopic (exact) mass is 358 g/mol. The average Bonchev–Trinajstić information content (AvgIpc) is 3.06. The van der Waals surface area contributed by atoms with E-state index in [1.54, 1.807) is 0 Å². The summed E-state index contributed by atoms with van der Waals surface area (Å²) >= 11 is 0. The maximum Gasteiger partial charge on any atom is 0.251 e. The molecule has 0 spiro atoms. The Morgan fingerprint density at radius 2 is 1.80 bits per heavy atom.